The van der Waals surface area contributed by atoms with E-state index < -0.39 is 10.0 Å². The Morgan fingerprint density at radius 3 is 2.71 bits per heavy atom. The fraction of sp³-hybridized carbons (Fsp3) is 0.714. The molecule has 0 amide bonds. The van der Waals surface area contributed by atoms with E-state index in [1.807, 2.05) is 6.92 Å². The average Bonchev–Trinajstić information content (AvgIpc) is 2.97. The van der Waals surface area contributed by atoms with Gasteiger partial charge in [-0.15, -0.1) is 11.3 Å². The zero-order valence-corrected chi connectivity index (χ0v) is 15.2. The SMILES string of the molecule is Cc1cc(S(=O)(=O)NC2CCCC23CCOCC3)sc1Br. The van der Waals surface area contributed by atoms with Gasteiger partial charge in [-0.1, -0.05) is 6.42 Å². The summed E-state index contributed by atoms with van der Waals surface area (Å²) >= 11 is 4.68. The van der Waals surface area contributed by atoms with Crippen LogP contribution in [0.25, 0.3) is 0 Å². The molecular formula is C14H20BrNO3S2. The van der Waals surface area contributed by atoms with Gasteiger partial charge in [-0.2, -0.15) is 0 Å². The summed E-state index contributed by atoms with van der Waals surface area (Å²) in [6.07, 6.45) is 5.07. The highest BCUT2D eigenvalue weighted by atomic mass is 79.9. The van der Waals surface area contributed by atoms with Crippen molar-refractivity contribution in [2.75, 3.05) is 13.2 Å². The normalized spacial score (nSPS) is 25.5. The molecule has 1 saturated heterocycles. The second-order valence-corrected chi connectivity index (χ2v) is 10.4. The third-order valence-corrected chi connectivity index (χ3v) is 8.87. The van der Waals surface area contributed by atoms with Gasteiger partial charge in [-0.3, -0.25) is 0 Å². The Morgan fingerprint density at radius 1 is 1.38 bits per heavy atom. The lowest BCUT2D eigenvalue weighted by molar-refractivity contribution is 0.00801. The quantitative estimate of drug-likeness (QED) is 0.855. The van der Waals surface area contributed by atoms with Gasteiger partial charge in [0, 0.05) is 19.3 Å². The lowest BCUT2D eigenvalue weighted by atomic mass is 9.76. The molecule has 2 aliphatic rings. The van der Waals surface area contributed by atoms with Gasteiger partial charge in [-0.25, -0.2) is 13.1 Å². The third kappa shape index (κ3) is 3.08. The Hall–Kier alpha value is 0.0500. The summed E-state index contributed by atoms with van der Waals surface area (Å²) in [5.74, 6) is 0. The van der Waals surface area contributed by atoms with Crippen molar-refractivity contribution in [3.63, 3.8) is 0 Å². The second-order valence-electron chi connectivity index (χ2n) is 6.06. The van der Waals surface area contributed by atoms with Gasteiger partial charge in [-0.05, 0) is 65.6 Å². The Bertz CT molecular complexity index is 601. The first-order chi connectivity index (χ1) is 9.93. The first kappa shape index (κ1) is 15.9. The second kappa shape index (κ2) is 5.92. The molecule has 0 bridgehead atoms. The number of thiophene rings is 1. The van der Waals surface area contributed by atoms with Gasteiger partial charge in [0.15, 0.2) is 0 Å². The van der Waals surface area contributed by atoms with Crippen LogP contribution in [0.15, 0.2) is 14.1 Å². The molecule has 118 valence electrons. The number of aryl methyl sites for hydroxylation is 1. The highest BCUT2D eigenvalue weighted by molar-refractivity contribution is 9.11. The summed E-state index contributed by atoms with van der Waals surface area (Å²) in [5, 5.41) is 0. The fourth-order valence-corrected chi connectivity index (χ4v) is 7.12. The molecular weight excluding hydrogens is 374 g/mol. The van der Waals surface area contributed by atoms with Crippen LogP contribution >= 0.6 is 27.3 Å². The monoisotopic (exact) mass is 393 g/mol. The van der Waals surface area contributed by atoms with E-state index in [4.69, 9.17) is 4.74 Å². The summed E-state index contributed by atoms with van der Waals surface area (Å²) in [5.41, 5.74) is 1.07. The van der Waals surface area contributed by atoms with E-state index in [1.165, 1.54) is 11.3 Å². The maximum Gasteiger partial charge on any atom is 0.250 e. The zero-order valence-electron chi connectivity index (χ0n) is 12.0. The maximum absolute atomic E-state index is 12.6. The minimum Gasteiger partial charge on any atom is -0.381 e. The highest BCUT2D eigenvalue weighted by Crippen LogP contribution is 2.46. The molecule has 1 saturated carbocycles. The van der Waals surface area contributed by atoms with E-state index in [0.717, 1.165) is 54.7 Å². The van der Waals surface area contributed by atoms with Gasteiger partial charge in [0.1, 0.15) is 4.21 Å². The predicted octanol–water partition coefficient (Wildman–Crippen LogP) is 3.45. The minimum atomic E-state index is -3.42. The van der Waals surface area contributed by atoms with Crippen molar-refractivity contribution >= 4 is 37.3 Å². The van der Waals surface area contributed by atoms with E-state index in [0.29, 0.717) is 4.21 Å². The lowest BCUT2D eigenvalue weighted by Crippen LogP contribution is -2.46. The zero-order chi connectivity index (χ0) is 15.1. The Balaban J connectivity index is 1.81. The van der Waals surface area contributed by atoms with Gasteiger partial charge in [0.25, 0.3) is 0 Å². The topological polar surface area (TPSA) is 55.4 Å². The number of halogens is 1. The molecule has 1 aliphatic heterocycles. The molecule has 1 aromatic rings. The van der Waals surface area contributed by atoms with E-state index in [1.54, 1.807) is 6.07 Å². The number of nitrogens with one attached hydrogen (secondary N) is 1. The van der Waals surface area contributed by atoms with Crippen LogP contribution in [0, 0.1) is 12.3 Å². The van der Waals surface area contributed by atoms with Crippen molar-refractivity contribution in [3.05, 3.63) is 15.4 Å². The summed E-state index contributed by atoms with van der Waals surface area (Å²) in [6, 6.07) is 1.79. The fourth-order valence-electron chi connectivity index (χ4n) is 3.51. The summed E-state index contributed by atoms with van der Waals surface area (Å²) in [7, 11) is -3.42. The maximum atomic E-state index is 12.6. The van der Waals surface area contributed by atoms with E-state index in [-0.39, 0.29) is 11.5 Å². The van der Waals surface area contributed by atoms with E-state index in [2.05, 4.69) is 20.7 Å². The molecule has 7 heteroatoms. The summed E-state index contributed by atoms with van der Waals surface area (Å²) < 4.78 is 35.0. The largest absolute Gasteiger partial charge is 0.381 e. The van der Waals surface area contributed by atoms with Crippen molar-refractivity contribution in [3.8, 4) is 0 Å². The van der Waals surface area contributed by atoms with Crippen LogP contribution in [0.2, 0.25) is 0 Å². The van der Waals surface area contributed by atoms with Crippen LogP contribution in [0.1, 0.15) is 37.7 Å². The van der Waals surface area contributed by atoms with Crippen molar-refractivity contribution in [1.29, 1.82) is 0 Å². The molecule has 1 spiro atoms. The van der Waals surface area contributed by atoms with E-state index >= 15 is 0 Å². The van der Waals surface area contributed by atoms with Gasteiger partial charge >= 0.3 is 0 Å². The molecule has 1 aromatic heterocycles. The molecule has 21 heavy (non-hydrogen) atoms. The molecule has 2 heterocycles. The van der Waals surface area contributed by atoms with Crippen molar-refractivity contribution in [2.45, 2.75) is 49.3 Å². The average molecular weight is 394 g/mol. The van der Waals surface area contributed by atoms with Crippen LogP contribution in [0.4, 0.5) is 0 Å². The summed E-state index contributed by atoms with van der Waals surface area (Å²) in [6.45, 7) is 3.42. The van der Waals surface area contributed by atoms with Crippen molar-refractivity contribution in [1.82, 2.24) is 4.72 Å². The number of hydrogen-bond acceptors (Lipinski definition) is 4. The Kier molecular flexibility index (Phi) is 4.49. The standard InChI is InChI=1S/C14H20BrNO3S2/c1-10-9-12(20-13(10)15)21(17,18)16-11-3-2-4-14(11)5-7-19-8-6-14/h9,11,16H,2-8H2,1H3. The van der Waals surface area contributed by atoms with Gasteiger partial charge in [0.05, 0.1) is 3.79 Å². The van der Waals surface area contributed by atoms with Crippen LogP contribution in [0.5, 0.6) is 0 Å². The summed E-state index contributed by atoms with van der Waals surface area (Å²) in [4.78, 5) is 0. The highest BCUT2D eigenvalue weighted by Gasteiger charge is 2.45. The predicted molar refractivity (Wildman–Crippen MR) is 87.2 cm³/mol. The van der Waals surface area contributed by atoms with Crippen LogP contribution < -0.4 is 4.72 Å². The Labute approximate surface area is 138 Å². The van der Waals surface area contributed by atoms with Gasteiger partial charge < -0.3 is 4.74 Å². The lowest BCUT2D eigenvalue weighted by Gasteiger charge is -2.38. The minimum absolute atomic E-state index is 0.0487. The molecule has 2 fully saturated rings. The number of rotatable bonds is 3. The number of sulfonamides is 1. The van der Waals surface area contributed by atoms with Crippen molar-refractivity contribution in [2.24, 2.45) is 5.41 Å². The molecule has 1 aliphatic carbocycles. The first-order valence-electron chi connectivity index (χ1n) is 7.29. The smallest absolute Gasteiger partial charge is 0.250 e. The van der Waals surface area contributed by atoms with Crippen LogP contribution in [0.3, 0.4) is 0 Å². The number of ether oxygens (including phenoxy) is 1. The molecule has 1 N–H and O–H groups in total. The number of hydrogen-bond donors (Lipinski definition) is 1. The molecule has 0 aromatic carbocycles. The molecule has 3 rings (SSSR count). The van der Waals surface area contributed by atoms with E-state index in [9.17, 15) is 8.42 Å². The molecule has 4 nitrogen and oxygen atoms in total. The van der Waals surface area contributed by atoms with Gasteiger partial charge in [0.2, 0.25) is 10.0 Å². The first-order valence-corrected chi connectivity index (χ1v) is 10.4. The molecule has 0 radical (unpaired) electrons. The van der Waals surface area contributed by atoms with Crippen molar-refractivity contribution < 1.29 is 13.2 Å². The van der Waals surface area contributed by atoms with Crippen LogP contribution in [-0.2, 0) is 14.8 Å². The van der Waals surface area contributed by atoms with Crippen LogP contribution in [-0.4, -0.2) is 27.7 Å². The molecule has 1 unspecified atom stereocenters. The third-order valence-electron chi connectivity index (χ3n) is 4.79. The molecule has 1 atom stereocenters. The Morgan fingerprint density at radius 2 is 2.10 bits per heavy atom.